The molecule has 0 bridgehead atoms. The molecule has 1 fully saturated rings. The number of hydrogen-bond donors (Lipinski definition) is 1. The normalized spacial score (nSPS) is 20.9. The average Bonchev–Trinajstić information content (AvgIpc) is 2.62. The van der Waals surface area contributed by atoms with Crippen molar-refractivity contribution in [1.29, 1.82) is 0 Å². The lowest BCUT2D eigenvalue weighted by Gasteiger charge is -2.29. The first kappa shape index (κ1) is 15.7. The molecule has 1 aromatic carbocycles. The van der Waals surface area contributed by atoms with Crippen LogP contribution in [0.15, 0.2) is 54.7 Å². The van der Waals surface area contributed by atoms with Gasteiger partial charge in [-0.25, -0.2) is 0 Å². The molecule has 120 valence electrons. The van der Waals surface area contributed by atoms with Crippen LogP contribution in [0.25, 0.3) is 0 Å². The molecule has 1 unspecified atom stereocenters. The number of pyridine rings is 1. The summed E-state index contributed by atoms with van der Waals surface area (Å²) in [6, 6.07) is 15.7. The van der Waals surface area contributed by atoms with Gasteiger partial charge in [-0.3, -0.25) is 9.78 Å². The largest absolute Gasteiger partial charge is 0.373 e. The van der Waals surface area contributed by atoms with E-state index >= 15 is 0 Å². The lowest BCUT2D eigenvalue weighted by Crippen LogP contribution is -2.40. The monoisotopic (exact) mass is 310 g/mol. The van der Waals surface area contributed by atoms with Crippen LogP contribution in [0.1, 0.15) is 41.7 Å². The maximum atomic E-state index is 12.2. The van der Waals surface area contributed by atoms with Gasteiger partial charge in [0.15, 0.2) is 0 Å². The molecule has 1 aliphatic carbocycles. The van der Waals surface area contributed by atoms with Crippen LogP contribution in [0, 0.1) is 0 Å². The number of carbonyl (C=O) groups is 1. The highest BCUT2D eigenvalue weighted by atomic mass is 16.5. The topological polar surface area (TPSA) is 51.2 Å². The standard InChI is InChI=1S/C19H22N2O2/c22-19(18-11-4-5-12-20-18)21-16-9-6-10-17(13-16)23-14-15-7-2-1-3-8-15/h1-5,7-8,11-12,16-17H,6,9-10,13-14H2,(H,21,22)/t16?,17-/m1/s1. The van der Waals surface area contributed by atoms with Gasteiger partial charge in [0.2, 0.25) is 0 Å². The van der Waals surface area contributed by atoms with Crippen LogP contribution in [0.2, 0.25) is 0 Å². The van der Waals surface area contributed by atoms with Crippen LogP contribution in [0.3, 0.4) is 0 Å². The summed E-state index contributed by atoms with van der Waals surface area (Å²) in [6.45, 7) is 0.631. The van der Waals surface area contributed by atoms with E-state index in [0.29, 0.717) is 12.3 Å². The highest BCUT2D eigenvalue weighted by Crippen LogP contribution is 2.22. The molecule has 1 N–H and O–H groups in total. The van der Waals surface area contributed by atoms with Crippen molar-refractivity contribution in [2.45, 2.75) is 44.4 Å². The first-order chi connectivity index (χ1) is 11.3. The van der Waals surface area contributed by atoms with E-state index in [4.69, 9.17) is 4.74 Å². The molecule has 4 heteroatoms. The van der Waals surface area contributed by atoms with E-state index in [0.717, 1.165) is 25.7 Å². The maximum absolute atomic E-state index is 12.2. The smallest absolute Gasteiger partial charge is 0.270 e. The van der Waals surface area contributed by atoms with Gasteiger partial charge in [0.1, 0.15) is 5.69 Å². The quantitative estimate of drug-likeness (QED) is 0.921. The molecule has 0 saturated heterocycles. The molecule has 23 heavy (non-hydrogen) atoms. The van der Waals surface area contributed by atoms with Crippen molar-refractivity contribution in [2.75, 3.05) is 0 Å². The summed E-state index contributed by atoms with van der Waals surface area (Å²) in [5.74, 6) is -0.0979. The van der Waals surface area contributed by atoms with E-state index in [9.17, 15) is 4.79 Å². The molecule has 2 atom stereocenters. The van der Waals surface area contributed by atoms with Crippen molar-refractivity contribution in [2.24, 2.45) is 0 Å². The van der Waals surface area contributed by atoms with Crippen LogP contribution in [-0.4, -0.2) is 23.0 Å². The molecular formula is C19H22N2O2. The fourth-order valence-corrected chi connectivity index (χ4v) is 2.97. The summed E-state index contributed by atoms with van der Waals surface area (Å²) in [4.78, 5) is 16.3. The van der Waals surface area contributed by atoms with E-state index in [1.165, 1.54) is 5.56 Å². The van der Waals surface area contributed by atoms with E-state index in [-0.39, 0.29) is 18.1 Å². The molecule has 0 spiro atoms. The maximum Gasteiger partial charge on any atom is 0.270 e. The minimum Gasteiger partial charge on any atom is -0.373 e. The van der Waals surface area contributed by atoms with Gasteiger partial charge in [0.25, 0.3) is 5.91 Å². The number of amides is 1. The van der Waals surface area contributed by atoms with Gasteiger partial charge < -0.3 is 10.1 Å². The second kappa shape index (κ2) is 7.88. The van der Waals surface area contributed by atoms with E-state index in [1.54, 1.807) is 12.3 Å². The molecule has 0 aliphatic heterocycles. The van der Waals surface area contributed by atoms with Gasteiger partial charge >= 0.3 is 0 Å². The van der Waals surface area contributed by atoms with Crippen LogP contribution < -0.4 is 5.32 Å². The summed E-state index contributed by atoms with van der Waals surface area (Å²) in [6.07, 6.45) is 5.85. The molecule has 1 heterocycles. The Bertz CT molecular complexity index is 616. The molecule has 1 aromatic heterocycles. The summed E-state index contributed by atoms with van der Waals surface area (Å²) in [5, 5.41) is 3.08. The zero-order chi connectivity index (χ0) is 15.9. The second-order valence-corrected chi connectivity index (χ2v) is 5.97. The Morgan fingerprint density at radius 3 is 2.74 bits per heavy atom. The van der Waals surface area contributed by atoms with Crippen molar-refractivity contribution < 1.29 is 9.53 Å². The van der Waals surface area contributed by atoms with Crippen molar-refractivity contribution >= 4 is 5.91 Å². The predicted molar refractivity (Wildman–Crippen MR) is 89.0 cm³/mol. The first-order valence-electron chi connectivity index (χ1n) is 8.18. The zero-order valence-corrected chi connectivity index (χ0v) is 13.2. The fourth-order valence-electron chi connectivity index (χ4n) is 2.97. The SMILES string of the molecule is O=C(NC1CCC[C@@H](OCc2ccccc2)C1)c1ccccn1. The Balaban J connectivity index is 1.49. The Hall–Kier alpha value is -2.20. The van der Waals surface area contributed by atoms with E-state index in [2.05, 4.69) is 22.4 Å². The number of hydrogen-bond acceptors (Lipinski definition) is 3. The number of nitrogens with one attached hydrogen (secondary N) is 1. The highest BCUT2D eigenvalue weighted by Gasteiger charge is 2.24. The summed E-state index contributed by atoms with van der Waals surface area (Å²) >= 11 is 0. The Morgan fingerprint density at radius 2 is 1.96 bits per heavy atom. The predicted octanol–water partition coefficient (Wildman–Crippen LogP) is 3.34. The van der Waals surface area contributed by atoms with Gasteiger partial charge in [-0.1, -0.05) is 36.4 Å². The fraction of sp³-hybridized carbons (Fsp3) is 0.368. The third-order valence-electron chi connectivity index (χ3n) is 4.19. The molecule has 1 aliphatic rings. The van der Waals surface area contributed by atoms with Gasteiger partial charge in [-0.05, 0) is 43.4 Å². The number of aromatic nitrogens is 1. The molecule has 2 aromatic rings. The highest BCUT2D eigenvalue weighted by molar-refractivity contribution is 5.92. The summed E-state index contributed by atoms with van der Waals surface area (Å²) < 4.78 is 6.02. The third-order valence-corrected chi connectivity index (χ3v) is 4.19. The number of carbonyl (C=O) groups excluding carboxylic acids is 1. The minimum atomic E-state index is -0.0979. The minimum absolute atomic E-state index is 0.0979. The third kappa shape index (κ3) is 4.63. The van der Waals surface area contributed by atoms with Crippen molar-refractivity contribution in [3.8, 4) is 0 Å². The van der Waals surface area contributed by atoms with Crippen molar-refractivity contribution in [3.63, 3.8) is 0 Å². The van der Waals surface area contributed by atoms with E-state index in [1.807, 2.05) is 30.3 Å². The van der Waals surface area contributed by atoms with Crippen LogP contribution in [-0.2, 0) is 11.3 Å². The lowest BCUT2D eigenvalue weighted by molar-refractivity contribution is 0.00875. The Labute approximate surface area is 136 Å². The van der Waals surface area contributed by atoms with Gasteiger partial charge in [-0.2, -0.15) is 0 Å². The molecule has 0 radical (unpaired) electrons. The molecule has 1 amide bonds. The number of nitrogens with zero attached hydrogens (tertiary/aromatic N) is 1. The molecular weight excluding hydrogens is 288 g/mol. The van der Waals surface area contributed by atoms with Crippen LogP contribution in [0.4, 0.5) is 0 Å². The van der Waals surface area contributed by atoms with E-state index < -0.39 is 0 Å². The molecule has 3 rings (SSSR count). The van der Waals surface area contributed by atoms with Crippen molar-refractivity contribution in [1.82, 2.24) is 10.3 Å². The summed E-state index contributed by atoms with van der Waals surface area (Å²) in [5.41, 5.74) is 1.66. The number of rotatable bonds is 5. The number of benzene rings is 1. The Morgan fingerprint density at radius 1 is 1.13 bits per heavy atom. The molecule has 1 saturated carbocycles. The zero-order valence-electron chi connectivity index (χ0n) is 13.2. The van der Waals surface area contributed by atoms with Gasteiger partial charge in [0.05, 0.1) is 12.7 Å². The van der Waals surface area contributed by atoms with Crippen LogP contribution >= 0.6 is 0 Å². The second-order valence-electron chi connectivity index (χ2n) is 5.97. The molecule has 4 nitrogen and oxygen atoms in total. The first-order valence-corrected chi connectivity index (χ1v) is 8.18. The lowest BCUT2D eigenvalue weighted by atomic mass is 9.92. The van der Waals surface area contributed by atoms with Crippen molar-refractivity contribution in [3.05, 3.63) is 66.0 Å². The average molecular weight is 310 g/mol. The Kier molecular flexibility index (Phi) is 5.37. The number of ether oxygens (including phenoxy) is 1. The van der Waals surface area contributed by atoms with Gasteiger partial charge in [0, 0.05) is 12.2 Å². The summed E-state index contributed by atoms with van der Waals surface area (Å²) in [7, 11) is 0. The van der Waals surface area contributed by atoms with Crippen LogP contribution in [0.5, 0.6) is 0 Å². The van der Waals surface area contributed by atoms with Gasteiger partial charge in [-0.15, -0.1) is 0 Å².